The van der Waals surface area contributed by atoms with E-state index in [9.17, 15) is 9.59 Å². The molecule has 0 spiro atoms. The van der Waals surface area contributed by atoms with Crippen molar-refractivity contribution in [2.45, 2.75) is 0 Å². The number of carbonyl (C=O) groups excluding carboxylic acids is 2. The number of hydrogen-bond acceptors (Lipinski definition) is 6. The minimum absolute atomic E-state index is 0.0148. The van der Waals surface area contributed by atoms with Gasteiger partial charge in [0.25, 0.3) is 11.8 Å². The van der Waals surface area contributed by atoms with E-state index in [1.165, 1.54) is 11.2 Å². The maximum absolute atomic E-state index is 13.3. The van der Waals surface area contributed by atoms with Gasteiger partial charge in [0, 0.05) is 18.0 Å². The van der Waals surface area contributed by atoms with Gasteiger partial charge in [-0.1, -0.05) is 42.5 Å². The number of aromatic nitrogens is 2. The molecule has 8 heteroatoms. The average Bonchev–Trinajstić information content (AvgIpc) is 2.89. The maximum atomic E-state index is 13.3. The molecule has 170 valence electrons. The Morgan fingerprint density at radius 1 is 0.800 bits per heavy atom. The monoisotopic (exact) mass is 478 g/mol. The van der Waals surface area contributed by atoms with Crippen LogP contribution in [0.3, 0.4) is 0 Å². The lowest BCUT2D eigenvalue weighted by Gasteiger charge is -2.29. The van der Waals surface area contributed by atoms with Crippen LogP contribution in [-0.2, 0) is 9.59 Å². The first-order valence-electron chi connectivity index (χ1n) is 10.7. The van der Waals surface area contributed by atoms with Gasteiger partial charge in [-0.25, -0.2) is 9.97 Å². The van der Waals surface area contributed by atoms with E-state index in [1.54, 1.807) is 42.7 Å². The predicted molar refractivity (Wildman–Crippen MR) is 137 cm³/mol. The van der Waals surface area contributed by atoms with Crippen molar-refractivity contribution in [3.63, 3.8) is 0 Å². The van der Waals surface area contributed by atoms with E-state index >= 15 is 0 Å². The number of amides is 2. The lowest BCUT2D eigenvalue weighted by Crippen LogP contribution is -2.54. The van der Waals surface area contributed by atoms with Crippen LogP contribution in [0.2, 0.25) is 0 Å². The molecule has 0 unspecified atom stereocenters. The van der Waals surface area contributed by atoms with Crippen LogP contribution in [0.25, 0.3) is 17.2 Å². The quantitative estimate of drug-likeness (QED) is 0.253. The third kappa shape index (κ3) is 4.83. The lowest BCUT2D eigenvalue weighted by atomic mass is 10.0. The topological polar surface area (TPSA) is 84.4 Å². The van der Waals surface area contributed by atoms with Crippen LogP contribution in [0.4, 0.5) is 5.69 Å². The van der Waals surface area contributed by atoms with E-state index in [2.05, 4.69) is 15.3 Å². The van der Waals surface area contributed by atoms with Crippen LogP contribution in [0.5, 0.6) is 11.5 Å². The number of benzene rings is 3. The van der Waals surface area contributed by atoms with E-state index in [-0.39, 0.29) is 10.7 Å². The fourth-order valence-corrected chi connectivity index (χ4v) is 3.85. The summed E-state index contributed by atoms with van der Waals surface area (Å²) >= 11 is 5.29. The number of thiocarbonyl (C=S) groups is 1. The van der Waals surface area contributed by atoms with Gasteiger partial charge in [-0.15, -0.1) is 0 Å². The van der Waals surface area contributed by atoms with Gasteiger partial charge in [0.1, 0.15) is 23.4 Å². The van der Waals surface area contributed by atoms with Gasteiger partial charge in [-0.05, 0) is 65.8 Å². The van der Waals surface area contributed by atoms with Gasteiger partial charge in [-0.2, -0.15) is 0 Å². The van der Waals surface area contributed by atoms with Crippen molar-refractivity contribution in [2.24, 2.45) is 0 Å². The fourth-order valence-electron chi connectivity index (χ4n) is 3.57. The summed E-state index contributed by atoms with van der Waals surface area (Å²) in [5, 5.41) is 2.62. The first-order chi connectivity index (χ1) is 17.1. The van der Waals surface area contributed by atoms with Crippen molar-refractivity contribution in [1.29, 1.82) is 0 Å². The van der Waals surface area contributed by atoms with Gasteiger partial charge in [0.2, 0.25) is 0 Å². The van der Waals surface area contributed by atoms with Crippen molar-refractivity contribution < 1.29 is 14.3 Å². The summed E-state index contributed by atoms with van der Waals surface area (Å²) in [5.41, 5.74) is 3.00. The highest BCUT2D eigenvalue weighted by Gasteiger charge is 2.34. The molecule has 0 saturated carbocycles. The Labute approximate surface area is 206 Å². The minimum atomic E-state index is -0.541. The van der Waals surface area contributed by atoms with E-state index < -0.39 is 11.8 Å². The molecule has 0 aliphatic carbocycles. The molecule has 0 atom stereocenters. The zero-order valence-electron chi connectivity index (χ0n) is 18.3. The molecule has 1 aliphatic rings. The third-order valence-corrected chi connectivity index (χ3v) is 5.58. The standard InChI is InChI=1S/C27H18N4O3S/c32-25-24(14-18-6-8-19(9-7-18)20-15-28-17-29-16-20)26(33)31(27(35)30-25)21-10-12-23(13-11-21)34-22-4-2-1-3-5-22/h1-17H,(H,30,32,35). The van der Waals surface area contributed by atoms with Crippen molar-refractivity contribution in [3.8, 4) is 22.6 Å². The summed E-state index contributed by atoms with van der Waals surface area (Å²) in [6.07, 6.45) is 6.45. The Hall–Kier alpha value is -4.69. The van der Waals surface area contributed by atoms with Crippen LogP contribution in [-0.4, -0.2) is 26.9 Å². The maximum Gasteiger partial charge on any atom is 0.270 e. The lowest BCUT2D eigenvalue weighted by molar-refractivity contribution is -0.122. The van der Waals surface area contributed by atoms with E-state index in [1.807, 2.05) is 54.6 Å². The molecule has 2 amide bonds. The molecule has 1 saturated heterocycles. The predicted octanol–water partition coefficient (Wildman–Crippen LogP) is 4.77. The van der Waals surface area contributed by atoms with Gasteiger partial charge < -0.3 is 4.74 Å². The number of rotatable bonds is 5. The van der Waals surface area contributed by atoms with Crippen molar-refractivity contribution in [1.82, 2.24) is 15.3 Å². The molecule has 1 aromatic heterocycles. The van der Waals surface area contributed by atoms with Gasteiger partial charge in [-0.3, -0.25) is 19.8 Å². The zero-order valence-corrected chi connectivity index (χ0v) is 19.1. The van der Waals surface area contributed by atoms with Gasteiger partial charge in [0.15, 0.2) is 5.11 Å². The summed E-state index contributed by atoms with van der Waals surface area (Å²) in [7, 11) is 0. The SMILES string of the molecule is O=C1NC(=S)N(c2ccc(Oc3ccccc3)cc2)C(=O)C1=Cc1ccc(-c2cncnc2)cc1. The second-order valence-electron chi connectivity index (χ2n) is 7.62. The smallest absolute Gasteiger partial charge is 0.270 e. The molecule has 1 aliphatic heterocycles. The van der Waals surface area contributed by atoms with E-state index in [0.717, 1.165) is 11.1 Å². The molecule has 3 aromatic carbocycles. The Morgan fingerprint density at radius 2 is 1.46 bits per heavy atom. The molecule has 35 heavy (non-hydrogen) atoms. The van der Waals surface area contributed by atoms with Crippen LogP contribution in [0.15, 0.2) is 103 Å². The summed E-state index contributed by atoms with van der Waals surface area (Å²) in [5.74, 6) is 0.268. The molecule has 0 radical (unpaired) electrons. The van der Waals surface area contributed by atoms with Crippen molar-refractivity contribution in [3.05, 3.63) is 109 Å². The largest absolute Gasteiger partial charge is 0.457 e. The summed E-state index contributed by atoms with van der Waals surface area (Å²) in [6.45, 7) is 0. The van der Waals surface area contributed by atoms with E-state index in [4.69, 9.17) is 17.0 Å². The highest BCUT2D eigenvalue weighted by Crippen LogP contribution is 2.27. The van der Waals surface area contributed by atoms with Crippen LogP contribution in [0, 0.1) is 0 Å². The fraction of sp³-hybridized carbons (Fsp3) is 0. The number of nitrogens with one attached hydrogen (secondary N) is 1. The third-order valence-electron chi connectivity index (χ3n) is 5.29. The molecule has 1 fully saturated rings. The van der Waals surface area contributed by atoms with Gasteiger partial charge >= 0.3 is 0 Å². The van der Waals surface area contributed by atoms with E-state index in [0.29, 0.717) is 22.7 Å². The molecule has 1 N–H and O–H groups in total. The number of para-hydroxylation sites is 1. The highest BCUT2D eigenvalue weighted by molar-refractivity contribution is 7.80. The number of nitrogens with zero attached hydrogens (tertiary/aromatic N) is 3. The van der Waals surface area contributed by atoms with Crippen molar-refractivity contribution in [2.75, 3.05) is 4.90 Å². The highest BCUT2D eigenvalue weighted by atomic mass is 32.1. The second-order valence-corrected chi connectivity index (χ2v) is 8.00. The molecule has 0 bridgehead atoms. The molecule has 7 nitrogen and oxygen atoms in total. The Kier molecular flexibility index (Phi) is 6.11. The molecular weight excluding hydrogens is 460 g/mol. The van der Waals surface area contributed by atoms with Crippen LogP contribution in [0.1, 0.15) is 5.56 Å². The number of anilines is 1. The number of carbonyl (C=O) groups is 2. The molecular formula is C27H18N4O3S. The average molecular weight is 479 g/mol. The molecule has 2 heterocycles. The Morgan fingerprint density at radius 3 is 2.14 bits per heavy atom. The summed E-state index contributed by atoms with van der Waals surface area (Å²) in [6, 6.07) is 23.7. The normalized spacial score (nSPS) is 14.7. The first-order valence-corrected chi connectivity index (χ1v) is 11.1. The molecule has 5 rings (SSSR count). The van der Waals surface area contributed by atoms with Crippen molar-refractivity contribution >= 4 is 40.9 Å². The summed E-state index contributed by atoms with van der Waals surface area (Å²) in [4.78, 5) is 35.2. The molecule has 4 aromatic rings. The Bertz CT molecular complexity index is 1420. The first kappa shape index (κ1) is 22.1. The van der Waals surface area contributed by atoms with Gasteiger partial charge in [0.05, 0.1) is 5.69 Å². The second kappa shape index (κ2) is 9.66. The summed E-state index contributed by atoms with van der Waals surface area (Å²) < 4.78 is 5.81. The zero-order chi connectivity index (χ0) is 24.2. The Balaban J connectivity index is 1.38. The van der Waals surface area contributed by atoms with Crippen LogP contribution >= 0.6 is 12.2 Å². The minimum Gasteiger partial charge on any atom is -0.457 e. The van der Waals surface area contributed by atoms with Crippen LogP contribution < -0.4 is 15.0 Å². The number of hydrogen-bond donors (Lipinski definition) is 1. The number of ether oxygens (including phenoxy) is 1.